The van der Waals surface area contributed by atoms with Crippen molar-refractivity contribution in [2.45, 2.75) is 26.3 Å². The van der Waals surface area contributed by atoms with Crippen molar-refractivity contribution in [3.05, 3.63) is 58.1 Å². The van der Waals surface area contributed by atoms with Gasteiger partial charge in [-0.1, -0.05) is 41.1 Å². The highest BCUT2D eigenvalue weighted by Gasteiger charge is 2.14. The second kappa shape index (κ2) is 7.10. The highest BCUT2D eigenvalue weighted by molar-refractivity contribution is 9.10. The number of hydrogen-bond donors (Lipinski definition) is 1. The number of halogens is 1. The molecular formula is C18H23BrN2. The lowest BCUT2D eigenvalue weighted by atomic mass is 10.0. The maximum atomic E-state index is 3.58. The Morgan fingerprint density at radius 3 is 2.38 bits per heavy atom. The lowest BCUT2D eigenvalue weighted by molar-refractivity contribution is 0.652. The molecule has 0 amide bonds. The number of nitrogens with one attached hydrogen (secondary N) is 1. The first-order chi connectivity index (χ1) is 10.1. The molecule has 2 aromatic rings. The maximum Gasteiger partial charge on any atom is 0.0467 e. The molecular weight excluding hydrogens is 324 g/mol. The van der Waals surface area contributed by atoms with Crippen LogP contribution in [0.15, 0.2) is 46.9 Å². The van der Waals surface area contributed by atoms with Gasteiger partial charge in [-0.3, -0.25) is 0 Å². The van der Waals surface area contributed by atoms with E-state index in [1.165, 1.54) is 22.5 Å². The molecule has 21 heavy (non-hydrogen) atoms. The standard InChI is InChI=1S/C18H23BrN2/c1-5-14-6-9-16(10-7-14)21(4)18-12-15(19)8-11-17(18)13(2)20-3/h6-13,20H,5H2,1-4H3. The van der Waals surface area contributed by atoms with Crippen molar-refractivity contribution in [3.8, 4) is 0 Å². The molecule has 1 atom stereocenters. The molecule has 0 saturated heterocycles. The Bertz CT molecular complexity index is 593. The molecule has 0 fully saturated rings. The number of rotatable bonds is 5. The van der Waals surface area contributed by atoms with Gasteiger partial charge < -0.3 is 10.2 Å². The summed E-state index contributed by atoms with van der Waals surface area (Å²) in [6.45, 7) is 4.36. The molecule has 0 saturated carbocycles. The minimum atomic E-state index is 0.311. The van der Waals surface area contributed by atoms with Crippen LogP contribution in [-0.2, 0) is 6.42 Å². The van der Waals surface area contributed by atoms with Crippen molar-refractivity contribution in [2.24, 2.45) is 0 Å². The van der Waals surface area contributed by atoms with E-state index < -0.39 is 0 Å². The van der Waals surface area contributed by atoms with Gasteiger partial charge >= 0.3 is 0 Å². The summed E-state index contributed by atoms with van der Waals surface area (Å²) >= 11 is 3.58. The van der Waals surface area contributed by atoms with Crippen LogP contribution >= 0.6 is 15.9 Å². The summed E-state index contributed by atoms with van der Waals surface area (Å²) in [6.07, 6.45) is 1.07. The SMILES string of the molecule is CCc1ccc(N(C)c2cc(Br)ccc2C(C)NC)cc1. The quantitative estimate of drug-likeness (QED) is 0.813. The molecule has 2 nitrogen and oxygen atoms in total. The monoisotopic (exact) mass is 346 g/mol. The number of nitrogens with zero attached hydrogens (tertiary/aromatic N) is 1. The molecule has 0 radical (unpaired) electrons. The fraction of sp³-hybridized carbons (Fsp3) is 0.333. The summed E-state index contributed by atoms with van der Waals surface area (Å²) in [5.41, 5.74) is 5.08. The first kappa shape index (κ1) is 16.1. The van der Waals surface area contributed by atoms with E-state index in [1.807, 2.05) is 7.05 Å². The Morgan fingerprint density at radius 1 is 1.14 bits per heavy atom. The second-order valence-corrected chi connectivity index (χ2v) is 6.21. The van der Waals surface area contributed by atoms with E-state index in [0.717, 1.165) is 10.9 Å². The van der Waals surface area contributed by atoms with Gasteiger partial charge in [-0.15, -0.1) is 0 Å². The maximum absolute atomic E-state index is 3.58. The summed E-state index contributed by atoms with van der Waals surface area (Å²) in [7, 11) is 4.11. The molecule has 0 aliphatic rings. The number of anilines is 2. The minimum absolute atomic E-state index is 0.311. The van der Waals surface area contributed by atoms with Gasteiger partial charge in [-0.05, 0) is 55.8 Å². The first-order valence-corrected chi connectivity index (χ1v) is 8.15. The largest absolute Gasteiger partial charge is 0.344 e. The summed E-state index contributed by atoms with van der Waals surface area (Å²) < 4.78 is 1.10. The van der Waals surface area contributed by atoms with Crippen molar-refractivity contribution in [1.82, 2.24) is 5.32 Å². The molecule has 1 unspecified atom stereocenters. The van der Waals surface area contributed by atoms with Crippen molar-refractivity contribution in [2.75, 3.05) is 19.0 Å². The van der Waals surface area contributed by atoms with E-state index in [2.05, 4.69) is 89.5 Å². The number of benzene rings is 2. The van der Waals surface area contributed by atoms with Crippen LogP contribution in [0.3, 0.4) is 0 Å². The van der Waals surface area contributed by atoms with Crippen molar-refractivity contribution < 1.29 is 0 Å². The predicted octanol–water partition coefficient (Wildman–Crippen LogP) is 5.06. The van der Waals surface area contributed by atoms with E-state index in [-0.39, 0.29) is 0 Å². The van der Waals surface area contributed by atoms with Gasteiger partial charge in [0.25, 0.3) is 0 Å². The van der Waals surface area contributed by atoms with Gasteiger partial charge in [0.1, 0.15) is 0 Å². The van der Waals surface area contributed by atoms with Crippen LogP contribution in [0.4, 0.5) is 11.4 Å². The summed E-state index contributed by atoms with van der Waals surface area (Å²) in [6, 6.07) is 15.5. The van der Waals surface area contributed by atoms with Crippen LogP contribution in [-0.4, -0.2) is 14.1 Å². The Morgan fingerprint density at radius 2 is 1.81 bits per heavy atom. The Kier molecular flexibility index (Phi) is 5.43. The van der Waals surface area contributed by atoms with E-state index in [9.17, 15) is 0 Å². The molecule has 0 bridgehead atoms. The fourth-order valence-electron chi connectivity index (χ4n) is 2.42. The normalized spacial score (nSPS) is 12.2. The molecule has 0 spiro atoms. The smallest absolute Gasteiger partial charge is 0.0467 e. The third kappa shape index (κ3) is 3.66. The van der Waals surface area contributed by atoms with E-state index in [1.54, 1.807) is 0 Å². The zero-order valence-corrected chi connectivity index (χ0v) is 14.7. The minimum Gasteiger partial charge on any atom is -0.344 e. The van der Waals surface area contributed by atoms with E-state index in [0.29, 0.717) is 6.04 Å². The van der Waals surface area contributed by atoms with Gasteiger partial charge in [0.15, 0.2) is 0 Å². The molecule has 112 valence electrons. The lowest BCUT2D eigenvalue weighted by Crippen LogP contribution is -2.18. The highest BCUT2D eigenvalue weighted by Crippen LogP contribution is 2.33. The molecule has 0 aliphatic carbocycles. The van der Waals surface area contributed by atoms with Gasteiger partial charge in [0.2, 0.25) is 0 Å². The van der Waals surface area contributed by atoms with E-state index in [4.69, 9.17) is 0 Å². The van der Waals surface area contributed by atoms with Gasteiger partial charge in [-0.2, -0.15) is 0 Å². The average molecular weight is 347 g/mol. The number of hydrogen-bond acceptors (Lipinski definition) is 2. The van der Waals surface area contributed by atoms with Crippen molar-refractivity contribution in [1.29, 1.82) is 0 Å². The van der Waals surface area contributed by atoms with Gasteiger partial charge in [-0.25, -0.2) is 0 Å². The molecule has 3 heteroatoms. The van der Waals surface area contributed by atoms with Crippen LogP contribution < -0.4 is 10.2 Å². The lowest BCUT2D eigenvalue weighted by Gasteiger charge is -2.25. The molecule has 2 rings (SSSR count). The van der Waals surface area contributed by atoms with Crippen LogP contribution in [0.1, 0.15) is 31.0 Å². The van der Waals surface area contributed by atoms with Gasteiger partial charge in [0.05, 0.1) is 0 Å². The predicted molar refractivity (Wildman–Crippen MR) is 95.5 cm³/mol. The molecule has 1 N–H and O–H groups in total. The highest BCUT2D eigenvalue weighted by atomic mass is 79.9. The fourth-order valence-corrected chi connectivity index (χ4v) is 2.77. The molecule has 0 aliphatic heterocycles. The van der Waals surface area contributed by atoms with Gasteiger partial charge in [0, 0.05) is 28.9 Å². The van der Waals surface area contributed by atoms with E-state index >= 15 is 0 Å². The Labute approximate surface area is 136 Å². The molecule has 0 heterocycles. The Balaban J connectivity index is 2.40. The Hall–Kier alpha value is -1.32. The van der Waals surface area contributed by atoms with Crippen molar-refractivity contribution >= 4 is 27.3 Å². The molecule has 0 aromatic heterocycles. The molecule has 2 aromatic carbocycles. The average Bonchev–Trinajstić information content (AvgIpc) is 2.53. The van der Waals surface area contributed by atoms with Crippen LogP contribution in [0, 0.1) is 0 Å². The summed E-state index contributed by atoms with van der Waals surface area (Å²) in [5.74, 6) is 0. The summed E-state index contributed by atoms with van der Waals surface area (Å²) in [4.78, 5) is 2.24. The zero-order chi connectivity index (χ0) is 15.4. The summed E-state index contributed by atoms with van der Waals surface area (Å²) in [5, 5.41) is 3.32. The van der Waals surface area contributed by atoms with Crippen LogP contribution in [0.25, 0.3) is 0 Å². The zero-order valence-electron chi connectivity index (χ0n) is 13.2. The van der Waals surface area contributed by atoms with Crippen LogP contribution in [0.5, 0.6) is 0 Å². The van der Waals surface area contributed by atoms with Crippen molar-refractivity contribution in [3.63, 3.8) is 0 Å². The third-order valence-corrected chi connectivity index (χ3v) is 4.48. The van der Waals surface area contributed by atoms with Crippen LogP contribution in [0.2, 0.25) is 0 Å². The number of aryl methyl sites for hydroxylation is 1. The first-order valence-electron chi connectivity index (χ1n) is 7.36. The topological polar surface area (TPSA) is 15.3 Å². The second-order valence-electron chi connectivity index (χ2n) is 5.29. The third-order valence-electron chi connectivity index (χ3n) is 3.99.